The normalized spacial score (nSPS) is 23.6. The summed E-state index contributed by atoms with van der Waals surface area (Å²) in [6.45, 7) is 1.89. The predicted octanol–water partition coefficient (Wildman–Crippen LogP) is 2.45. The molecule has 1 saturated carbocycles. The summed E-state index contributed by atoms with van der Waals surface area (Å²) in [5, 5.41) is 9.55. The summed E-state index contributed by atoms with van der Waals surface area (Å²) in [6, 6.07) is 3.74. The first-order chi connectivity index (χ1) is 9.80. The highest BCUT2D eigenvalue weighted by atomic mass is 35.5. The first-order valence-corrected chi connectivity index (χ1v) is 8.95. The minimum atomic E-state index is -3.63. The van der Waals surface area contributed by atoms with E-state index < -0.39 is 21.6 Å². The molecule has 0 bridgehead atoms. The Balaban J connectivity index is 2.04. The molecule has 21 heavy (non-hydrogen) atoms. The van der Waals surface area contributed by atoms with E-state index in [2.05, 4.69) is 4.72 Å². The Morgan fingerprint density at radius 2 is 2.14 bits per heavy atom. The highest BCUT2D eigenvalue weighted by Crippen LogP contribution is 2.32. The lowest BCUT2D eigenvalue weighted by molar-refractivity contribution is 0.0277. The average molecular weight is 336 g/mol. The van der Waals surface area contributed by atoms with Gasteiger partial charge in [-0.1, -0.05) is 24.6 Å². The Bertz CT molecular complexity index is 602. The van der Waals surface area contributed by atoms with Gasteiger partial charge in [-0.05, 0) is 37.3 Å². The molecule has 1 aromatic rings. The smallest absolute Gasteiger partial charge is 0.216 e. The molecule has 0 aliphatic heterocycles. The van der Waals surface area contributed by atoms with Gasteiger partial charge in [0.2, 0.25) is 10.0 Å². The van der Waals surface area contributed by atoms with Crippen molar-refractivity contribution in [2.45, 2.75) is 44.1 Å². The number of aliphatic hydroxyl groups is 1. The van der Waals surface area contributed by atoms with E-state index in [9.17, 15) is 17.9 Å². The number of hydrogen-bond donors (Lipinski definition) is 2. The highest BCUT2D eigenvalue weighted by Gasteiger charge is 2.35. The average Bonchev–Trinajstić information content (AvgIpc) is 2.36. The van der Waals surface area contributed by atoms with Gasteiger partial charge < -0.3 is 5.11 Å². The lowest BCUT2D eigenvalue weighted by atomic mass is 9.77. The van der Waals surface area contributed by atoms with Crippen molar-refractivity contribution in [3.05, 3.63) is 34.6 Å². The summed E-state index contributed by atoms with van der Waals surface area (Å²) in [4.78, 5) is 0. The first-order valence-electron chi connectivity index (χ1n) is 6.92. The fourth-order valence-electron chi connectivity index (χ4n) is 2.59. The number of halogens is 2. The van der Waals surface area contributed by atoms with Crippen molar-refractivity contribution in [1.82, 2.24) is 4.72 Å². The fraction of sp³-hybridized carbons (Fsp3) is 0.571. The zero-order valence-electron chi connectivity index (χ0n) is 11.7. The Kier molecular flexibility index (Phi) is 5.24. The summed E-state index contributed by atoms with van der Waals surface area (Å²) in [7, 11) is -3.63. The van der Waals surface area contributed by atoms with E-state index in [1.54, 1.807) is 0 Å². The van der Waals surface area contributed by atoms with Gasteiger partial charge in [0.15, 0.2) is 0 Å². The maximum atomic E-state index is 13.7. The lowest BCUT2D eigenvalue weighted by Crippen LogP contribution is -2.46. The van der Waals surface area contributed by atoms with Gasteiger partial charge in [0.1, 0.15) is 5.82 Å². The molecule has 1 atom stereocenters. The van der Waals surface area contributed by atoms with Crippen LogP contribution in [0.3, 0.4) is 0 Å². The second-order valence-corrected chi connectivity index (χ2v) is 7.70. The predicted molar refractivity (Wildman–Crippen MR) is 80.0 cm³/mol. The molecule has 2 N–H and O–H groups in total. The molecule has 2 rings (SSSR count). The molecular weight excluding hydrogens is 317 g/mol. The second-order valence-electron chi connectivity index (χ2n) is 5.51. The first kappa shape index (κ1) is 16.7. The van der Waals surface area contributed by atoms with Gasteiger partial charge in [0.05, 0.1) is 11.9 Å². The molecule has 118 valence electrons. The summed E-state index contributed by atoms with van der Waals surface area (Å²) in [6.07, 6.45) is 1.52. The fourth-order valence-corrected chi connectivity index (χ4v) is 4.29. The van der Waals surface area contributed by atoms with Crippen LogP contribution >= 0.6 is 11.6 Å². The Labute approximate surface area is 129 Å². The molecule has 1 aliphatic rings. The second kappa shape index (κ2) is 6.60. The lowest BCUT2D eigenvalue weighted by Gasteiger charge is -2.37. The van der Waals surface area contributed by atoms with E-state index in [4.69, 9.17) is 11.6 Å². The third-order valence-corrected chi connectivity index (χ3v) is 5.44. The van der Waals surface area contributed by atoms with Crippen LogP contribution in [0.4, 0.5) is 4.39 Å². The Morgan fingerprint density at radius 3 is 2.67 bits per heavy atom. The zero-order chi connectivity index (χ0) is 15.6. The van der Waals surface area contributed by atoms with E-state index in [0.717, 1.165) is 6.07 Å². The van der Waals surface area contributed by atoms with E-state index in [1.165, 1.54) is 12.1 Å². The van der Waals surface area contributed by atoms with Gasteiger partial charge in [0, 0.05) is 16.6 Å². The summed E-state index contributed by atoms with van der Waals surface area (Å²) in [5.74, 6) is -0.892. The van der Waals surface area contributed by atoms with Crippen molar-refractivity contribution in [2.24, 2.45) is 5.92 Å². The van der Waals surface area contributed by atoms with Gasteiger partial charge in [-0.15, -0.1) is 0 Å². The van der Waals surface area contributed by atoms with Crippen molar-refractivity contribution >= 4 is 21.6 Å². The van der Waals surface area contributed by atoms with Crippen LogP contribution in [0.2, 0.25) is 5.02 Å². The monoisotopic (exact) mass is 335 g/mol. The van der Waals surface area contributed by atoms with Crippen LogP contribution in [0.1, 0.15) is 31.7 Å². The molecule has 4 nitrogen and oxygen atoms in total. The number of benzene rings is 1. The maximum absolute atomic E-state index is 13.7. The topological polar surface area (TPSA) is 66.4 Å². The van der Waals surface area contributed by atoms with Crippen LogP contribution < -0.4 is 4.72 Å². The third kappa shape index (κ3) is 4.39. The van der Waals surface area contributed by atoms with E-state index in [0.29, 0.717) is 19.3 Å². The molecule has 0 saturated heterocycles. The van der Waals surface area contributed by atoms with Gasteiger partial charge >= 0.3 is 0 Å². The minimum absolute atomic E-state index is 0.0930. The van der Waals surface area contributed by atoms with Crippen LogP contribution in [0.5, 0.6) is 0 Å². The van der Waals surface area contributed by atoms with Gasteiger partial charge in [-0.3, -0.25) is 0 Å². The molecule has 0 unspecified atom stereocenters. The quantitative estimate of drug-likeness (QED) is 0.839. The van der Waals surface area contributed by atoms with Gasteiger partial charge in [-0.25, -0.2) is 17.5 Å². The van der Waals surface area contributed by atoms with Crippen LogP contribution in [0, 0.1) is 11.7 Å². The summed E-state index contributed by atoms with van der Waals surface area (Å²) >= 11 is 5.65. The molecular formula is C14H19ClFNO3S. The standard InChI is InChI=1S/C14H19ClFNO3S/c1-2-14(10-5-12(18)6-10)17-21(19,20)8-9-3-4-11(15)7-13(9)16/h3-4,7,10,12,14,17-18H,2,5-6,8H2,1H3/t10?,12?,14-/m1/s1. The Hall–Kier alpha value is -0.690. The van der Waals surface area contributed by atoms with Crippen LogP contribution in [-0.2, 0) is 15.8 Å². The van der Waals surface area contributed by atoms with Crippen LogP contribution in [0.25, 0.3) is 0 Å². The van der Waals surface area contributed by atoms with Gasteiger partial charge in [-0.2, -0.15) is 0 Å². The molecule has 0 heterocycles. The van der Waals surface area contributed by atoms with E-state index >= 15 is 0 Å². The minimum Gasteiger partial charge on any atom is -0.393 e. The molecule has 1 aromatic carbocycles. The van der Waals surface area contributed by atoms with E-state index in [-0.39, 0.29) is 28.6 Å². The summed E-state index contributed by atoms with van der Waals surface area (Å²) < 4.78 is 40.6. The molecule has 0 spiro atoms. The molecule has 0 radical (unpaired) electrons. The van der Waals surface area contributed by atoms with Crippen molar-refractivity contribution in [3.8, 4) is 0 Å². The molecule has 0 aromatic heterocycles. The number of nitrogens with one attached hydrogen (secondary N) is 1. The zero-order valence-corrected chi connectivity index (χ0v) is 13.3. The van der Waals surface area contributed by atoms with Crippen LogP contribution in [0.15, 0.2) is 18.2 Å². The van der Waals surface area contributed by atoms with Crippen LogP contribution in [-0.4, -0.2) is 25.7 Å². The Morgan fingerprint density at radius 1 is 1.48 bits per heavy atom. The molecule has 7 heteroatoms. The SMILES string of the molecule is CC[C@@H](NS(=O)(=O)Cc1ccc(Cl)cc1F)C1CC(O)C1. The third-order valence-electron chi connectivity index (χ3n) is 3.85. The number of rotatable bonds is 6. The number of sulfonamides is 1. The van der Waals surface area contributed by atoms with Crippen molar-refractivity contribution in [3.63, 3.8) is 0 Å². The van der Waals surface area contributed by atoms with Gasteiger partial charge in [0.25, 0.3) is 0 Å². The number of aliphatic hydroxyl groups excluding tert-OH is 1. The summed E-state index contributed by atoms with van der Waals surface area (Å²) in [5.41, 5.74) is 0.0930. The van der Waals surface area contributed by atoms with Crippen molar-refractivity contribution < 1.29 is 17.9 Å². The number of hydrogen-bond acceptors (Lipinski definition) is 3. The molecule has 1 aliphatic carbocycles. The highest BCUT2D eigenvalue weighted by molar-refractivity contribution is 7.88. The largest absolute Gasteiger partial charge is 0.393 e. The van der Waals surface area contributed by atoms with Crippen molar-refractivity contribution in [1.29, 1.82) is 0 Å². The molecule has 0 amide bonds. The maximum Gasteiger partial charge on any atom is 0.216 e. The molecule has 1 fully saturated rings. The van der Waals surface area contributed by atoms with E-state index in [1.807, 2.05) is 6.92 Å². The van der Waals surface area contributed by atoms with Crippen molar-refractivity contribution in [2.75, 3.05) is 0 Å².